The highest BCUT2D eigenvalue weighted by molar-refractivity contribution is 5.78. The monoisotopic (exact) mass is 230 g/mol. The molecule has 0 aliphatic heterocycles. The second-order valence-corrected chi connectivity index (χ2v) is 5.06. The van der Waals surface area contributed by atoms with Crippen molar-refractivity contribution < 1.29 is 9.90 Å². The summed E-state index contributed by atoms with van der Waals surface area (Å²) in [6.45, 7) is 10.5. The fourth-order valence-electron chi connectivity index (χ4n) is 1.73. The van der Waals surface area contributed by atoms with Crippen LogP contribution >= 0.6 is 0 Å². The van der Waals surface area contributed by atoms with Crippen molar-refractivity contribution in [3.05, 3.63) is 0 Å². The van der Waals surface area contributed by atoms with E-state index < -0.39 is 11.5 Å². The van der Waals surface area contributed by atoms with Gasteiger partial charge in [-0.15, -0.1) is 0 Å². The lowest BCUT2D eigenvalue weighted by Gasteiger charge is -2.29. The maximum Gasteiger partial charge on any atom is 0.323 e. The summed E-state index contributed by atoms with van der Waals surface area (Å²) in [6.07, 6.45) is 0.651. The molecule has 16 heavy (non-hydrogen) atoms. The first-order valence-corrected chi connectivity index (χ1v) is 5.98. The number of rotatable bonds is 8. The predicted molar refractivity (Wildman–Crippen MR) is 66.7 cm³/mol. The van der Waals surface area contributed by atoms with E-state index in [1.807, 2.05) is 20.9 Å². The van der Waals surface area contributed by atoms with Crippen LogP contribution in [-0.2, 0) is 4.79 Å². The third-order valence-corrected chi connectivity index (χ3v) is 2.84. The summed E-state index contributed by atoms with van der Waals surface area (Å²) in [5, 5.41) is 12.4. The van der Waals surface area contributed by atoms with Crippen molar-refractivity contribution in [1.82, 2.24) is 10.2 Å². The molecule has 0 aromatic rings. The molecule has 0 spiro atoms. The Balaban J connectivity index is 4.18. The second-order valence-electron chi connectivity index (χ2n) is 5.06. The molecule has 0 saturated carbocycles. The Hall–Kier alpha value is -0.610. The van der Waals surface area contributed by atoms with Gasteiger partial charge in [0.25, 0.3) is 0 Å². The van der Waals surface area contributed by atoms with Gasteiger partial charge in [0.05, 0.1) is 0 Å². The molecule has 1 unspecified atom stereocenters. The number of carboxylic acid groups (broad SMARTS) is 1. The van der Waals surface area contributed by atoms with Crippen LogP contribution in [0.4, 0.5) is 0 Å². The van der Waals surface area contributed by atoms with Gasteiger partial charge in [-0.3, -0.25) is 4.79 Å². The van der Waals surface area contributed by atoms with Crippen molar-refractivity contribution in [2.24, 2.45) is 5.92 Å². The number of nitrogens with one attached hydrogen (secondary N) is 1. The lowest BCUT2D eigenvalue weighted by atomic mass is 9.91. The quantitative estimate of drug-likeness (QED) is 0.662. The van der Waals surface area contributed by atoms with Crippen molar-refractivity contribution in [3.63, 3.8) is 0 Å². The van der Waals surface area contributed by atoms with Crippen molar-refractivity contribution in [2.75, 3.05) is 26.7 Å². The van der Waals surface area contributed by atoms with E-state index in [2.05, 4.69) is 17.1 Å². The fourth-order valence-corrected chi connectivity index (χ4v) is 1.73. The zero-order chi connectivity index (χ0) is 12.8. The number of likely N-dealkylation sites (N-methyl/N-ethyl adjacent to an activating group) is 1. The molecular weight excluding hydrogens is 204 g/mol. The molecule has 0 aliphatic rings. The maximum atomic E-state index is 11.2. The van der Waals surface area contributed by atoms with Gasteiger partial charge in [-0.05, 0) is 32.9 Å². The number of carboxylic acids is 1. The molecule has 0 saturated heterocycles. The van der Waals surface area contributed by atoms with Crippen LogP contribution in [-0.4, -0.2) is 48.2 Å². The summed E-state index contributed by atoms with van der Waals surface area (Å²) in [5.74, 6) is -0.391. The summed E-state index contributed by atoms with van der Waals surface area (Å²) in [4.78, 5) is 13.4. The number of hydrogen-bond donors (Lipinski definition) is 2. The van der Waals surface area contributed by atoms with Gasteiger partial charge in [0.1, 0.15) is 5.54 Å². The maximum absolute atomic E-state index is 11.2. The van der Waals surface area contributed by atoms with Gasteiger partial charge in [0.15, 0.2) is 0 Å². The minimum absolute atomic E-state index is 0.373. The molecule has 1 atom stereocenters. The Morgan fingerprint density at radius 3 is 2.44 bits per heavy atom. The summed E-state index contributed by atoms with van der Waals surface area (Å²) in [7, 11) is 2.03. The molecule has 4 nitrogen and oxygen atoms in total. The van der Waals surface area contributed by atoms with Crippen molar-refractivity contribution in [3.8, 4) is 0 Å². The Kier molecular flexibility index (Phi) is 6.60. The van der Waals surface area contributed by atoms with Gasteiger partial charge < -0.3 is 15.3 Å². The molecule has 0 radical (unpaired) electrons. The normalized spacial score (nSPS) is 15.4. The Labute approximate surface area is 99.0 Å². The largest absolute Gasteiger partial charge is 0.480 e. The van der Waals surface area contributed by atoms with Crippen LogP contribution in [0.25, 0.3) is 0 Å². The molecule has 0 aromatic carbocycles. The molecule has 0 heterocycles. The SMILES string of the molecule is CCN(C)CCNC(C)(CC(C)C)C(=O)O. The van der Waals surface area contributed by atoms with E-state index in [4.69, 9.17) is 0 Å². The lowest BCUT2D eigenvalue weighted by molar-refractivity contribution is -0.144. The molecule has 4 heteroatoms. The molecule has 0 aliphatic carbocycles. The van der Waals surface area contributed by atoms with Crippen LogP contribution < -0.4 is 5.32 Å². The molecule has 0 aromatic heterocycles. The van der Waals surface area contributed by atoms with Crippen LogP contribution in [0.15, 0.2) is 0 Å². The zero-order valence-corrected chi connectivity index (χ0v) is 11.2. The average Bonchev–Trinajstić information content (AvgIpc) is 2.16. The van der Waals surface area contributed by atoms with Crippen LogP contribution in [0.3, 0.4) is 0 Å². The minimum atomic E-state index is -0.803. The van der Waals surface area contributed by atoms with Gasteiger partial charge >= 0.3 is 5.97 Å². The Morgan fingerprint density at radius 1 is 1.50 bits per heavy atom. The van der Waals surface area contributed by atoms with E-state index in [0.717, 1.165) is 13.1 Å². The number of aliphatic carboxylic acids is 1. The highest BCUT2D eigenvalue weighted by Crippen LogP contribution is 2.16. The summed E-state index contributed by atoms with van der Waals surface area (Å²) < 4.78 is 0. The third kappa shape index (κ3) is 5.47. The fraction of sp³-hybridized carbons (Fsp3) is 0.917. The molecule has 2 N–H and O–H groups in total. The molecule has 96 valence electrons. The van der Waals surface area contributed by atoms with E-state index in [1.54, 1.807) is 6.92 Å². The number of hydrogen-bond acceptors (Lipinski definition) is 3. The lowest BCUT2D eigenvalue weighted by Crippen LogP contribution is -2.52. The second kappa shape index (κ2) is 6.86. The molecule has 0 bridgehead atoms. The molecule has 0 amide bonds. The molecule has 0 rings (SSSR count). The van der Waals surface area contributed by atoms with Crippen LogP contribution in [0.1, 0.15) is 34.1 Å². The minimum Gasteiger partial charge on any atom is -0.480 e. The van der Waals surface area contributed by atoms with Crippen LogP contribution in [0, 0.1) is 5.92 Å². The van der Waals surface area contributed by atoms with E-state index in [0.29, 0.717) is 18.9 Å². The van der Waals surface area contributed by atoms with Gasteiger partial charge in [-0.25, -0.2) is 0 Å². The molecular formula is C12H26N2O2. The third-order valence-electron chi connectivity index (χ3n) is 2.84. The van der Waals surface area contributed by atoms with Gasteiger partial charge in [0, 0.05) is 13.1 Å². The average molecular weight is 230 g/mol. The van der Waals surface area contributed by atoms with Crippen molar-refractivity contribution in [2.45, 2.75) is 39.7 Å². The van der Waals surface area contributed by atoms with Crippen molar-refractivity contribution >= 4 is 5.97 Å². The number of nitrogens with zero attached hydrogens (tertiary/aromatic N) is 1. The van der Waals surface area contributed by atoms with Crippen LogP contribution in [0.2, 0.25) is 0 Å². The summed E-state index contributed by atoms with van der Waals surface area (Å²) in [5.41, 5.74) is -0.803. The molecule has 0 fully saturated rings. The highest BCUT2D eigenvalue weighted by atomic mass is 16.4. The first kappa shape index (κ1) is 15.4. The van der Waals surface area contributed by atoms with E-state index in [9.17, 15) is 9.90 Å². The van der Waals surface area contributed by atoms with Crippen LogP contribution in [0.5, 0.6) is 0 Å². The predicted octanol–water partition coefficient (Wildman–Crippen LogP) is 1.42. The van der Waals surface area contributed by atoms with Crippen molar-refractivity contribution in [1.29, 1.82) is 0 Å². The van der Waals surface area contributed by atoms with E-state index in [1.165, 1.54) is 0 Å². The van der Waals surface area contributed by atoms with E-state index >= 15 is 0 Å². The standard InChI is InChI=1S/C12H26N2O2/c1-6-14(5)8-7-13-12(4,11(15)16)9-10(2)3/h10,13H,6-9H2,1-5H3,(H,15,16). The van der Waals surface area contributed by atoms with Gasteiger partial charge in [0.2, 0.25) is 0 Å². The van der Waals surface area contributed by atoms with Gasteiger partial charge in [-0.1, -0.05) is 20.8 Å². The van der Waals surface area contributed by atoms with Gasteiger partial charge in [-0.2, -0.15) is 0 Å². The summed E-state index contributed by atoms with van der Waals surface area (Å²) in [6, 6.07) is 0. The smallest absolute Gasteiger partial charge is 0.323 e. The van der Waals surface area contributed by atoms with E-state index in [-0.39, 0.29) is 0 Å². The zero-order valence-electron chi connectivity index (χ0n) is 11.2. The Morgan fingerprint density at radius 2 is 2.06 bits per heavy atom. The number of carbonyl (C=O) groups is 1. The topological polar surface area (TPSA) is 52.6 Å². The Bertz CT molecular complexity index is 219. The summed E-state index contributed by atoms with van der Waals surface area (Å²) >= 11 is 0. The highest BCUT2D eigenvalue weighted by Gasteiger charge is 2.32. The first-order chi connectivity index (χ1) is 7.31. The first-order valence-electron chi connectivity index (χ1n) is 5.98.